The van der Waals surface area contributed by atoms with Gasteiger partial charge >= 0.3 is 0 Å². The Bertz CT molecular complexity index is 1130. The van der Waals surface area contributed by atoms with E-state index in [0.717, 1.165) is 70.6 Å². The molecule has 0 spiro atoms. The van der Waals surface area contributed by atoms with E-state index >= 15 is 0 Å². The molecule has 1 rings (SSSR count). The first kappa shape index (κ1) is 57.1. The van der Waals surface area contributed by atoms with E-state index in [2.05, 4.69) is 61.7 Å². The lowest BCUT2D eigenvalue weighted by atomic mass is 9.98. The Morgan fingerprint density at radius 3 is 1.54 bits per heavy atom. The van der Waals surface area contributed by atoms with Gasteiger partial charge in [0.1, 0.15) is 36.6 Å². The fraction of sp³-hybridized carbons (Fsp3) is 0.820. The number of aliphatic hydroxyl groups excluding tert-OH is 7. The second kappa shape index (κ2) is 39.6. The third-order valence-electron chi connectivity index (χ3n) is 11.6. The summed E-state index contributed by atoms with van der Waals surface area (Å²) in [6, 6.07) is -1.20. The van der Waals surface area contributed by atoms with Gasteiger partial charge in [-0.3, -0.25) is 4.79 Å². The predicted octanol–water partition coefficient (Wildman–Crippen LogP) is 8.56. The minimum atomic E-state index is -1.67. The Balaban J connectivity index is 2.42. The summed E-state index contributed by atoms with van der Waals surface area (Å²) >= 11 is 0. The molecule has 1 amide bonds. The van der Waals surface area contributed by atoms with Crippen LogP contribution in [-0.2, 0) is 14.3 Å². The van der Waals surface area contributed by atoms with Crippen LogP contribution in [0.25, 0.3) is 0 Å². The lowest BCUT2D eigenvalue weighted by Crippen LogP contribution is -2.60. The van der Waals surface area contributed by atoms with Crippen molar-refractivity contribution < 1.29 is 50.0 Å². The van der Waals surface area contributed by atoms with E-state index in [9.17, 15) is 40.5 Å². The number of carbonyl (C=O) groups is 1. The van der Waals surface area contributed by atoms with Crippen LogP contribution >= 0.6 is 0 Å². The molecular weight excluding hydrogens is 775 g/mol. The first-order valence-electron chi connectivity index (χ1n) is 24.5. The van der Waals surface area contributed by atoms with Crippen molar-refractivity contribution >= 4 is 5.91 Å². The number of aliphatic hydroxyl groups is 7. The van der Waals surface area contributed by atoms with E-state index in [1.165, 1.54) is 77.0 Å². The molecule has 0 aromatic carbocycles. The maximum absolute atomic E-state index is 13.1. The van der Waals surface area contributed by atoms with Gasteiger partial charge in [0.05, 0.1) is 25.4 Å². The van der Waals surface area contributed by atoms with Crippen molar-refractivity contribution in [2.75, 3.05) is 13.2 Å². The third-order valence-corrected chi connectivity index (χ3v) is 11.6. The van der Waals surface area contributed by atoms with Gasteiger partial charge in [0.25, 0.3) is 0 Å². The van der Waals surface area contributed by atoms with Crippen LogP contribution in [0.2, 0.25) is 0 Å². The summed E-state index contributed by atoms with van der Waals surface area (Å²) in [6.45, 7) is 3.30. The van der Waals surface area contributed by atoms with Gasteiger partial charge in [0.15, 0.2) is 6.29 Å². The number of carbonyl (C=O) groups excluding carboxylic acids is 1. The fourth-order valence-electron chi connectivity index (χ4n) is 7.53. The minimum Gasteiger partial charge on any atom is -0.394 e. The highest BCUT2D eigenvalue weighted by atomic mass is 16.7. The Kier molecular flexibility index (Phi) is 37.1. The molecule has 11 heteroatoms. The van der Waals surface area contributed by atoms with Crippen LogP contribution in [0.15, 0.2) is 48.6 Å². The smallest absolute Gasteiger partial charge is 0.249 e. The lowest BCUT2D eigenvalue weighted by Gasteiger charge is -2.40. The molecule has 0 aromatic rings. The van der Waals surface area contributed by atoms with Gasteiger partial charge in [-0.05, 0) is 83.5 Å². The summed E-state index contributed by atoms with van der Waals surface area (Å²) < 4.78 is 11.1. The molecule has 1 aliphatic rings. The number of nitrogens with one attached hydrogen (secondary N) is 1. The van der Waals surface area contributed by atoms with Crippen LogP contribution in [-0.4, -0.2) is 110 Å². The number of hydrogen-bond acceptors (Lipinski definition) is 10. The molecule has 61 heavy (non-hydrogen) atoms. The molecule has 11 nitrogen and oxygen atoms in total. The predicted molar refractivity (Wildman–Crippen MR) is 247 cm³/mol. The summed E-state index contributed by atoms with van der Waals surface area (Å²) in [6.07, 6.45) is 36.0. The lowest BCUT2D eigenvalue weighted by molar-refractivity contribution is -0.303. The number of amides is 1. The van der Waals surface area contributed by atoms with Crippen molar-refractivity contribution in [3.63, 3.8) is 0 Å². The molecule has 0 aliphatic carbocycles. The molecule has 1 fully saturated rings. The Morgan fingerprint density at radius 1 is 0.574 bits per heavy atom. The van der Waals surface area contributed by atoms with Gasteiger partial charge in [0, 0.05) is 0 Å². The van der Waals surface area contributed by atoms with Crippen LogP contribution in [0, 0.1) is 0 Å². The molecular formula is C50H91NO10. The topological polar surface area (TPSA) is 189 Å². The number of ether oxygens (including phenoxy) is 2. The van der Waals surface area contributed by atoms with Crippen molar-refractivity contribution in [1.82, 2.24) is 5.32 Å². The highest BCUT2D eigenvalue weighted by Crippen LogP contribution is 2.23. The van der Waals surface area contributed by atoms with Crippen molar-refractivity contribution in [3.05, 3.63) is 48.6 Å². The van der Waals surface area contributed by atoms with Crippen molar-refractivity contribution in [2.45, 2.75) is 249 Å². The molecule has 0 aromatic heterocycles. The maximum Gasteiger partial charge on any atom is 0.249 e. The summed E-state index contributed by atoms with van der Waals surface area (Å²) in [4.78, 5) is 13.1. The molecule has 0 bridgehead atoms. The number of unbranched alkanes of at least 4 members (excludes halogenated alkanes) is 20. The minimum absolute atomic E-state index is 0.237. The Labute approximate surface area is 370 Å². The van der Waals surface area contributed by atoms with E-state index in [0.29, 0.717) is 19.3 Å². The molecule has 1 aliphatic heterocycles. The molecule has 1 heterocycles. The first-order chi connectivity index (χ1) is 29.7. The van der Waals surface area contributed by atoms with E-state index < -0.39 is 74.2 Å². The molecule has 0 radical (unpaired) electrons. The number of allylic oxidation sites excluding steroid dienone is 8. The Hall–Kier alpha value is -1.93. The van der Waals surface area contributed by atoms with Gasteiger partial charge in [-0.1, -0.05) is 159 Å². The van der Waals surface area contributed by atoms with Gasteiger partial charge < -0.3 is 50.5 Å². The molecule has 9 unspecified atom stereocenters. The average molecular weight is 866 g/mol. The SMILES string of the molecule is CC/C=C/CC/C=C/CC/C=C/CCCC(O)C(O)C(COC1OC(CO)C(O)C(O)C1O)NC(=O)C(O)CCCCCCCC/C=C\CCCCCCCCCCCCC. The Morgan fingerprint density at radius 2 is 1.03 bits per heavy atom. The quantitative estimate of drug-likeness (QED) is 0.0219. The summed E-state index contributed by atoms with van der Waals surface area (Å²) in [7, 11) is 0. The van der Waals surface area contributed by atoms with Crippen molar-refractivity contribution in [2.24, 2.45) is 0 Å². The maximum atomic E-state index is 13.1. The highest BCUT2D eigenvalue weighted by molar-refractivity contribution is 5.80. The van der Waals surface area contributed by atoms with Crippen LogP contribution < -0.4 is 5.32 Å². The van der Waals surface area contributed by atoms with E-state index in [4.69, 9.17) is 9.47 Å². The zero-order valence-electron chi connectivity index (χ0n) is 38.4. The summed E-state index contributed by atoms with van der Waals surface area (Å²) in [5.74, 6) is -0.719. The highest BCUT2D eigenvalue weighted by Gasteiger charge is 2.44. The standard InChI is InChI=1S/C50H91NO10/c1-3-5-7-9-11-13-15-17-18-19-20-21-22-23-24-26-28-30-32-34-36-38-43(54)49(59)51-41(40-60-50-48(58)47(57)46(56)44(39-52)61-50)45(55)42(53)37-35-33-31-29-27-25-16-14-12-10-8-6-4-2/h6,8,14,16,22-23,29,31,41-48,50,52-58H,3-5,7,9-13,15,17-21,24-28,30,32-40H2,1-2H3,(H,51,59)/b8-6+,16-14+,23-22-,31-29+. The molecule has 9 atom stereocenters. The van der Waals surface area contributed by atoms with Gasteiger partial charge in [-0.25, -0.2) is 0 Å². The first-order valence-corrected chi connectivity index (χ1v) is 24.5. The molecule has 356 valence electrons. The molecule has 0 saturated carbocycles. The molecule has 1 saturated heterocycles. The van der Waals surface area contributed by atoms with E-state index in [1.807, 2.05) is 6.08 Å². The van der Waals surface area contributed by atoms with Crippen LogP contribution in [0.3, 0.4) is 0 Å². The summed E-state index contributed by atoms with van der Waals surface area (Å²) in [5, 5.41) is 75.7. The van der Waals surface area contributed by atoms with Crippen LogP contribution in [0.4, 0.5) is 0 Å². The zero-order chi connectivity index (χ0) is 44.8. The monoisotopic (exact) mass is 866 g/mol. The average Bonchev–Trinajstić information content (AvgIpc) is 3.26. The molecule has 8 N–H and O–H groups in total. The van der Waals surface area contributed by atoms with Gasteiger partial charge in [-0.15, -0.1) is 0 Å². The fourth-order valence-corrected chi connectivity index (χ4v) is 7.53. The van der Waals surface area contributed by atoms with Crippen LogP contribution in [0.5, 0.6) is 0 Å². The largest absolute Gasteiger partial charge is 0.394 e. The number of rotatable bonds is 40. The second-order valence-electron chi connectivity index (χ2n) is 17.1. The van der Waals surface area contributed by atoms with E-state index in [1.54, 1.807) is 0 Å². The third kappa shape index (κ3) is 29.2. The zero-order valence-corrected chi connectivity index (χ0v) is 38.4. The van der Waals surface area contributed by atoms with Gasteiger partial charge in [-0.2, -0.15) is 0 Å². The van der Waals surface area contributed by atoms with Crippen molar-refractivity contribution in [1.29, 1.82) is 0 Å². The van der Waals surface area contributed by atoms with Gasteiger partial charge in [0.2, 0.25) is 5.91 Å². The van der Waals surface area contributed by atoms with Crippen LogP contribution in [0.1, 0.15) is 194 Å². The summed E-state index contributed by atoms with van der Waals surface area (Å²) in [5.41, 5.74) is 0. The normalized spacial score (nSPS) is 21.9. The second-order valence-corrected chi connectivity index (χ2v) is 17.1. The van der Waals surface area contributed by atoms with E-state index in [-0.39, 0.29) is 12.8 Å². The number of hydrogen-bond donors (Lipinski definition) is 8. The van der Waals surface area contributed by atoms with Crippen molar-refractivity contribution in [3.8, 4) is 0 Å².